The Morgan fingerprint density at radius 1 is 1.53 bits per heavy atom. The van der Waals surface area contributed by atoms with E-state index in [2.05, 4.69) is 13.8 Å². The van der Waals surface area contributed by atoms with Crippen LogP contribution in [0.25, 0.3) is 0 Å². The smallest absolute Gasteiger partial charge is 0.138 e. The molecule has 0 aliphatic carbocycles. The lowest BCUT2D eigenvalue weighted by Crippen LogP contribution is -2.14. The Morgan fingerprint density at radius 2 is 2.20 bits per heavy atom. The first-order chi connectivity index (χ1) is 7.02. The molecule has 0 unspecified atom stereocenters. The van der Waals surface area contributed by atoms with E-state index in [0.29, 0.717) is 16.6 Å². The fourth-order valence-electron chi connectivity index (χ4n) is 1.16. The predicted octanol–water partition coefficient (Wildman–Crippen LogP) is 2.75. The van der Waals surface area contributed by atoms with Gasteiger partial charge >= 0.3 is 0 Å². The van der Waals surface area contributed by atoms with Crippen LogP contribution in [0.2, 0.25) is 0 Å². The molecule has 15 heavy (non-hydrogen) atoms. The predicted molar refractivity (Wildman–Crippen MR) is 63.8 cm³/mol. The molecule has 0 heterocycles. The number of rotatable bonds is 4. The van der Waals surface area contributed by atoms with Crippen LogP contribution >= 0.6 is 11.8 Å². The zero-order valence-electron chi connectivity index (χ0n) is 8.88. The van der Waals surface area contributed by atoms with Crippen LogP contribution < -0.4 is 5.73 Å². The van der Waals surface area contributed by atoms with Crippen molar-refractivity contribution < 1.29 is 4.39 Å². The Balaban J connectivity index is 2.89. The van der Waals surface area contributed by atoms with Gasteiger partial charge in [0.2, 0.25) is 0 Å². The topological polar surface area (TPSA) is 49.9 Å². The highest BCUT2D eigenvalue weighted by Crippen LogP contribution is 2.21. The number of benzene rings is 1. The van der Waals surface area contributed by atoms with Gasteiger partial charge in [0.05, 0.1) is 5.56 Å². The summed E-state index contributed by atoms with van der Waals surface area (Å²) in [6, 6.07) is 4.99. The van der Waals surface area contributed by atoms with Crippen molar-refractivity contribution in [1.29, 1.82) is 5.41 Å². The van der Waals surface area contributed by atoms with E-state index in [9.17, 15) is 4.39 Å². The van der Waals surface area contributed by atoms with Gasteiger partial charge in [-0.3, -0.25) is 5.41 Å². The van der Waals surface area contributed by atoms with E-state index in [-0.39, 0.29) is 17.2 Å². The summed E-state index contributed by atoms with van der Waals surface area (Å²) in [7, 11) is 0. The summed E-state index contributed by atoms with van der Waals surface area (Å²) in [5, 5.41) is 7.68. The van der Waals surface area contributed by atoms with Crippen molar-refractivity contribution in [3.05, 3.63) is 35.1 Å². The summed E-state index contributed by atoms with van der Waals surface area (Å²) in [4.78, 5) is 0. The van der Waals surface area contributed by atoms with Crippen molar-refractivity contribution in [3.63, 3.8) is 0 Å². The van der Waals surface area contributed by atoms with E-state index in [1.165, 1.54) is 6.07 Å². The molecule has 0 aliphatic rings. The number of hydrogen-bond donors (Lipinski definition) is 2. The maximum atomic E-state index is 13.7. The molecule has 0 aromatic heterocycles. The summed E-state index contributed by atoms with van der Waals surface area (Å²) in [5.74, 6) is 0.0343. The summed E-state index contributed by atoms with van der Waals surface area (Å²) in [6.45, 7) is 4.13. The zero-order valence-corrected chi connectivity index (χ0v) is 9.70. The average Bonchev–Trinajstić information content (AvgIpc) is 2.15. The van der Waals surface area contributed by atoms with Crippen LogP contribution in [0.3, 0.4) is 0 Å². The van der Waals surface area contributed by atoms with Crippen LogP contribution in [0.15, 0.2) is 18.2 Å². The van der Waals surface area contributed by atoms with E-state index < -0.39 is 0 Å². The Hall–Kier alpha value is -1.03. The van der Waals surface area contributed by atoms with Gasteiger partial charge in [0.25, 0.3) is 0 Å². The summed E-state index contributed by atoms with van der Waals surface area (Å²) >= 11 is 1.67. The standard InChI is InChI=1S/C11H15FN2S/c1-7(2)15-6-8-4-3-5-9(10(8)12)11(13)14/h3-5,7H,6H2,1-2H3,(H3,13,14). The van der Waals surface area contributed by atoms with Gasteiger partial charge in [-0.2, -0.15) is 11.8 Å². The highest BCUT2D eigenvalue weighted by Gasteiger charge is 2.10. The van der Waals surface area contributed by atoms with Crippen LogP contribution in [0.1, 0.15) is 25.0 Å². The molecule has 3 N–H and O–H groups in total. The molecule has 82 valence electrons. The molecule has 0 saturated heterocycles. The number of nitrogen functional groups attached to an aromatic ring is 1. The van der Waals surface area contributed by atoms with E-state index in [1.807, 2.05) is 0 Å². The molecule has 0 bridgehead atoms. The minimum atomic E-state index is -0.363. The molecule has 0 spiro atoms. The number of nitrogens with one attached hydrogen (secondary N) is 1. The number of nitrogens with two attached hydrogens (primary N) is 1. The average molecular weight is 226 g/mol. The Bertz CT molecular complexity index is 364. The third-order valence-corrected chi connectivity index (χ3v) is 3.09. The number of amidine groups is 1. The molecule has 0 aliphatic heterocycles. The van der Waals surface area contributed by atoms with Gasteiger partial charge in [-0.15, -0.1) is 0 Å². The van der Waals surface area contributed by atoms with Crippen molar-refractivity contribution in [2.75, 3.05) is 0 Å². The normalized spacial score (nSPS) is 10.7. The monoisotopic (exact) mass is 226 g/mol. The summed E-state index contributed by atoms with van der Waals surface area (Å²) in [6.07, 6.45) is 0. The molecule has 2 nitrogen and oxygen atoms in total. The van der Waals surface area contributed by atoms with E-state index in [1.54, 1.807) is 23.9 Å². The second-order valence-electron chi connectivity index (χ2n) is 3.55. The fourth-order valence-corrected chi connectivity index (χ4v) is 1.89. The van der Waals surface area contributed by atoms with Gasteiger partial charge in [0.15, 0.2) is 0 Å². The van der Waals surface area contributed by atoms with Crippen LogP contribution in [0, 0.1) is 11.2 Å². The zero-order chi connectivity index (χ0) is 11.4. The highest BCUT2D eigenvalue weighted by atomic mass is 32.2. The lowest BCUT2D eigenvalue weighted by molar-refractivity contribution is 0.614. The Kier molecular flexibility index (Phi) is 4.15. The Morgan fingerprint density at radius 3 is 2.73 bits per heavy atom. The molecule has 1 aromatic carbocycles. The molecule has 0 fully saturated rings. The lowest BCUT2D eigenvalue weighted by Gasteiger charge is -2.08. The van der Waals surface area contributed by atoms with Crippen molar-refractivity contribution in [3.8, 4) is 0 Å². The molecule has 0 atom stereocenters. The largest absolute Gasteiger partial charge is 0.384 e. The summed E-state index contributed by atoms with van der Waals surface area (Å²) in [5.41, 5.74) is 6.08. The van der Waals surface area contributed by atoms with Crippen LogP contribution in [0.5, 0.6) is 0 Å². The van der Waals surface area contributed by atoms with E-state index in [0.717, 1.165) is 0 Å². The quantitative estimate of drug-likeness (QED) is 0.612. The van der Waals surface area contributed by atoms with Crippen LogP contribution in [-0.2, 0) is 5.75 Å². The van der Waals surface area contributed by atoms with Crippen molar-refractivity contribution in [2.45, 2.75) is 24.9 Å². The van der Waals surface area contributed by atoms with E-state index >= 15 is 0 Å². The van der Waals surface area contributed by atoms with Gasteiger partial charge in [-0.25, -0.2) is 4.39 Å². The fraction of sp³-hybridized carbons (Fsp3) is 0.364. The first kappa shape index (κ1) is 12.0. The van der Waals surface area contributed by atoms with Gasteiger partial charge < -0.3 is 5.73 Å². The minimum absolute atomic E-state index is 0.192. The van der Waals surface area contributed by atoms with Gasteiger partial charge in [0.1, 0.15) is 11.7 Å². The van der Waals surface area contributed by atoms with Crippen molar-refractivity contribution >= 4 is 17.6 Å². The molecule has 0 radical (unpaired) electrons. The van der Waals surface area contributed by atoms with Gasteiger partial charge in [-0.05, 0) is 16.9 Å². The molecular formula is C11H15FN2S. The number of hydrogen-bond acceptors (Lipinski definition) is 2. The minimum Gasteiger partial charge on any atom is -0.384 e. The molecule has 1 rings (SSSR count). The highest BCUT2D eigenvalue weighted by molar-refractivity contribution is 7.99. The molecule has 4 heteroatoms. The molecular weight excluding hydrogens is 211 g/mol. The van der Waals surface area contributed by atoms with Crippen molar-refractivity contribution in [2.24, 2.45) is 5.73 Å². The van der Waals surface area contributed by atoms with Crippen LogP contribution in [0.4, 0.5) is 4.39 Å². The number of halogens is 1. The second kappa shape index (κ2) is 5.16. The van der Waals surface area contributed by atoms with E-state index in [4.69, 9.17) is 11.1 Å². The first-order valence-electron chi connectivity index (χ1n) is 4.75. The molecule has 0 saturated carbocycles. The van der Waals surface area contributed by atoms with Gasteiger partial charge in [-0.1, -0.05) is 26.0 Å². The third-order valence-electron chi connectivity index (χ3n) is 1.94. The first-order valence-corrected chi connectivity index (χ1v) is 5.80. The summed E-state index contributed by atoms with van der Waals surface area (Å²) < 4.78 is 13.7. The Labute approximate surface area is 93.6 Å². The maximum Gasteiger partial charge on any atom is 0.138 e. The van der Waals surface area contributed by atoms with Crippen LogP contribution in [-0.4, -0.2) is 11.1 Å². The van der Waals surface area contributed by atoms with Gasteiger partial charge in [0, 0.05) is 5.75 Å². The maximum absolute atomic E-state index is 13.7. The number of thioether (sulfide) groups is 1. The SMILES string of the molecule is CC(C)SCc1cccc(C(=N)N)c1F. The third kappa shape index (κ3) is 3.23. The second-order valence-corrected chi connectivity index (χ2v) is 5.12. The lowest BCUT2D eigenvalue weighted by atomic mass is 10.1. The molecule has 1 aromatic rings. The molecule has 0 amide bonds. The van der Waals surface area contributed by atoms with Crippen molar-refractivity contribution in [1.82, 2.24) is 0 Å².